The molecule has 0 aliphatic carbocycles. The predicted molar refractivity (Wildman–Crippen MR) is 73.2 cm³/mol. The minimum Gasteiger partial charge on any atom is -0.380 e. The Morgan fingerprint density at radius 1 is 1.25 bits per heavy atom. The summed E-state index contributed by atoms with van der Waals surface area (Å²) in [7, 11) is 1.74. The van der Waals surface area contributed by atoms with Crippen LogP contribution >= 0.6 is 15.9 Å². The Morgan fingerprint density at radius 2 is 1.88 bits per heavy atom. The second-order valence-corrected chi connectivity index (χ2v) is 5.17. The van der Waals surface area contributed by atoms with E-state index in [1.165, 1.54) is 11.1 Å². The number of rotatable bonds is 4. The second kappa shape index (κ2) is 5.69. The Balaban J connectivity index is 2.89. The summed E-state index contributed by atoms with van der Waals surface area (Å²) < 4.78 is 6.42. The van der Waals surface area contributed by atoms with Crippen LogP contribution in [0.2, 0.25) is 0 Å². The lowest BCUT2D eigenvalue weighted by atomic mass is 10.1. The van der Waals surface area contributed by atoms with Crippen LogP contribution < -0.4 is 5.32 Å². The fourth-order valence-electron chi connectivity index (χ4n) is 1.65. The molecule has 1 aromatic rings. The average Bonchev–Trinajstić information content (AvgIpc) is 2.21. The second-order valence-electron chi connectivity index (χ2n) is 4.31. The monoisotopic (exact) mass is 285 g/mol. The van der Waals surface area contributed by atoms with Crippen molar-refractivity contribution in [3.8, 4) is 0 Å². The van der Waals surface area contributed by atoms with Gasteiger partial charge in [-0.25, -0.2) is 0 Å². The molecule has 1 aromatic carbocycles. The minimum absolute atomic E-state index is 0.188. The van der Waals surface area contributed by atoms with Crippen LogP contribution in [0.3, 0.4) is 0 Å². The summed E-state index contributed by atoms with van der Waals surface area (Å²) in [5.41, 5.74) is 3.67. The zero-order valence-electron chi connectivity index (χ0n) is 10.6. The number of nitrogens with one attached hydrogen (secondary N) is 1. The molecule has 0 aromatic heterocycles. The standard InChI is InChI=1S/C13H20BrNO/c1-8-6-9(2)13(12(14)7-8)15-10(3)11(4)16-5/h6-7,10-11,15H,1-5H3. The summed E-state index contributed by atoms with van der Waals surface area (Å²) in [4.78, 5) is 0. The Morgan fingerprint density at radius 3 is 2.38 bits per heavy atom. The highest BCUT2D eigenvalue weighted by Gasteiger charge is 2.13. The van der Waals surface area contributed by atoms with Gasteiger partial charge in [0, 0.05) is 17.6 Å². The van der Waals surface area contributed by atoms with Crippen LogP contribution in [0.15, 0.2) is 16.6 Å². The highest BCUT2D eigenvalue weighted by molar-refractivity contribution is 9.10. The highest BCUT2D eigenvalue weighted by Crippen LogP contribution is 2.28. The summed E-state index contributed by atoms with van der Waals surface area (Å²) in [6.45, 7) is 8.40. The summed E-state index contributed by atoms with van der Waals surface area (Å²) >= 11 is 3.59. The van der Waals surface area contributed by atoms with Gasteiger partial charge in [-0.2, -0.15) is 0 Å². The summed E-state index contributed by atoms with van der Waals surface area (Å²) in [5, 5.41) is 3.48. The van der Waals surface area contributed by atoms with Crippen LogP contribution in [0, 0.1) is 13.8 Å². The van der Waals surface area contributed by atoms with Gasteiger partial charge in [-0.1, -0.05) is 6.07 Å². The molecule has 1 N–H and O–H groups in total. The molecule has 0 saturated heterocycles. The van der Waals surface area contributed by atoms with Crippen LogP contribution in [0.1, 0.15) is 25.0 Å². The molecular formula is C13H20BrNO. The zero-order valence-corrected chi connectivity index (χ0v) is 12.2. The number of hydrogen-bond acceptors (Lipinski definition) is 2. The van der Waals surface area contributed by atoms with Gasteiger partial charge in [-0.15, -0.1) is 0 Å². The molecule has 0 aliphatic heterocycles. The van der Waals surface area contributed by atoms with Gasteiger partial charge in [0.1, 0.15) is 0 Å². The lowest BCUT2D eigenvalue weighted by molar-refractivity contribution is 0.106. The van der Waals surface area contributed by atoms with E-state index in [-0.39, 0.29) is 12.1 Å². The third-order valence-corrected chi connectivity index (χ3v) is 3.51. The summed E-state index contributed by atoms with van der Waals surface area (Å²) in [6, 6.07) is 4.58. The Kier molecular flexibility index (Phi) is 4.81. The number of anilines is 1. The molecule has 0 radical (unpaired) electrons. The molecule has 16 heavy (non-hydrogen) atoms. The van der Waals surface area contributed by atoms with Crippen LogP contribution in [0.4, 0.5) is 5.69 Å². The normalized spacial score (nSPS) is 14.6. The lowest BCUT2D eigenvalue weighted by Gasteiger charge is -2.23. The van der Waals surface area contributed by atoms with E-state index in [2.05, 4.69) is 61.1 Å². The fraction of sp³-hybridized carbons (Fsp3) is 0.538. The van der Waals surface area contributed by atoms with Crippen molar-refractivity contribution in [3.05, 3.63) is 27.7 Å². The number of benzene rings is 1. The Hall–Kier alpha value is -0.540. The summed E-state index contributed by atoms with van der Waals surface area (Å²) in [6.07, 6.45) is 0.188. The van der Waals surface area contributed by atoms with Gasteiger partial charge >= 0.3 is 0 Å². The SMILES string of the molecule is COC(C)C(C)Nc1c(C)cc(C)cc1Br. The van der Waals surface area contributed by atoms with E-state index in [1.54, 1.807) is 7.11 Å². The van der Waals surface area contributed by atoms with E-state index in [9.17, 15) is 0 Å². The molecule has 0 aliphatic rings. The predicted octanol–water partition coefficient (Wildman–Crippen LogP) is 3.90. The first-order valence-corrected chi connectivity index (χ1v) is 6.31. The smallest absolute Gasteiger partial charge is 0.0741 e. The first kappa shape index (κ1) is 13.5. The van der Waals surface area contributed by atoms with E-state index in [0.29, 0.717) is 0 Å². The topological polar surface area (TPSA) is 21.3 Å². The molecule has 0 fully saturated rings. The van der Waals surface area contributed by atoms with E-state index in [1.807, 2.05) is 0 Å². The largest absolute Gasteiger partial charge is 0.380 e. The Labute approximate surface area is 107 Å². The maximum atomic E-state index is 5.31. The molecule has 1 rings (SSSR count). The molecule has 2 unspecified atom stereocenters. The third-order valence-electron chi connectivity index (χ3n) is 2.88. The van der Waals surface area contributed by atoms with Crippen LogP contribution in [0.25, 0.3) is 0 Å². The maximum Gasteiger partial charge on any atom is 0.0741 e. The quantitative estimate of drug-likeness (QED) is 0.906. The van der Waals surface area contributed by atoms with Crippen molar-refractivity contribution < 1.29 is 4.74 Å². The van der Waals surface area contributed by atoms with Crippen molar-refractivity contribution in [2.45, 2.75) is 39.8 Å². The molecule has 0 amide bonds. The number of hydrogen-bond donors (Lipinski definition) is 1. The van der Waals surface area contributed by atoms with Crippen LogP contribution in [-0.2, 0) is 4.74 Å². The molecule has 0 saturated carbocycles. The third kappa shape index (κ3) is 3.22. The molecule has 0 spiro atoms. The summed E-state index contributed by atoms with van der Waals surface area (Å²) in [5.74, 6) is 0. The first-order chi connectivity index (χ1) is 7.45. The van der Waals surface area contributed by atoms with Crippen LogP contribution in [0.5, 0.6) is 0 Å². The molecule has 2 nitrogen and oxygen atoms in total. The van der Waals surface area contributed by atoms with Crippen molar-refractivity contribution in [1.82, 2.24) is 0 Å². The van der Waals surface area contributed by atoms with Crippen molar-refractivity contribution in [3.63, 3.8) is 0 Å². The average molecular weight is 286 g/mol. The highest BCUT2D eigenvalue weighted by atomic mass is 79.9. The molecule has 90 valence electrons. The number of methoxy groups -OCH3 is 1. The van der Waals surface area contributed by atoms with Gasteiger partial charge < -0.3 is 10.1 Å². The van der Waals surface area contributed by atoms with Gasteiger partial charge in [0.25, 0.3) is 0 Å². The van der Waals surface area contributed by atoms with E-state index < -0.39 is 0 Å². The van der Waals surface area contributed by atoms with Crippen molar-refractivity contribution >= 4 is 21.6 Å². The molecular weight excluding hydrogens is 266 g/mol. The molecule has 0 heterocycles. The fourth-order valence-corrected chi connectivity index (χ4v) is 2.44. The van der Waals surface area contributed by atoms with Gasteiger partial charge in [0.2, 0.25) is 0 Å². The zero-order chi connectivity index (χ0) is 12.3. The minimum atomic E-state index is 0.188. The van der Waals surface area contributed by atoms with Crippen molar-refractivity contribution in [2.75, 3.05) is 12.4 Å². The maximum absolute atomic E-state index is 5.31. The first-order valence-electron chi connectivity index (χ1n) is 5.51. The van der Waals surface area contributed by atoms with Gasteiger partial charge in [-0.05, 0) is 60.8 Å². The molecule has 3 heteroatoms. The van der Waals surface area contributed by atoms with Gasteiger partial charge in [0.15, 0.2) is 0 Å². The molecule has 2 atom stereocenters. The number of halogens is 1. The van der Waals surface area contributed by atoms with E-state index in [0.717, 1.165) is 10.2 Å². The van der Waals surface area contributed by atoms with Crippen LogP contribution in [-0.4, -0.2) is 19.3 Å². The Bertz CT molecular complexity index is 342. The van der Waals surface area contributed by atoms with Gasteiger partial charge in [0.05, 0.1) is 11.8 Å². The van der Waals surface area contributed by atoms with Crippen molar-refractivity contribution in [1.29, 1.82) is 0 Å². The number of ether oxygens (including phenoxy) is 1. The molecule has 0 bridgehead atoms. The van der Waals surface area contributed by atoms with E-state index in [4.69, 9.17) is 4.74 Å². The lowest BCUT2D eigenvalue weighted by Crippen LogP contribution is -2.30. The van der Waals surface area contributed by atoms with Crippen molar-refractivity contribution in [2.24, 2.45) is 0 Å². The van der Waals surface area contributed by atoms with Gasteiger partial charge in [-0.3, -0.25) is 0 Å². The van der Waals surface area contributed by atoms with E-state index >= 15 is 0 Å². The number of aryl methyl sites for hydroxylation is 2.